The Morgan fingerprint density at radius 2 is 1.88 bits per heavy atom. The summed E-state index contributed by atoms with van der Waals surface area (Å²) in [7, 11) is 0. The van der Waals surface area contributed by atoms with Crippen molar-refractivity contribution in [3.63, 3.8) is 0 Å². The first-order valence-electron chi connectivity index (χ1n) is 10.6. The van der Waals surface area contributed by atoms with Crippen LogP contribution in [-0.2, 0) is 27.9 Å². The number of rotatable bonds is 2. The lowest BCUT2D eigenvalue weighted by Crippen LogP contribution is -2.49. The first-order chi connectivity index (χ1) is 12.7. The van der Waals surface area contributed by atoms with Crippen LogP contribution in [0.25, 0.3) is 0 Å². The van der Waals surface area contributed by atoms with Crippen molar-refractivity contribution < 1.29 is 9.53 Å². The predicted octanol–water partition coefficient (Wildman–Crippen LogP) is 2.80. The summed E-state index contributed by atoms with van der Waals surface area (Å²) in [4.78, 5) is 15.0. The van der Waals surface area contributed by atoms with E-state index < -0.39 is 0 Å². The maximum Gasteiger partial charge on any atom is 0.228 e. The van der Waals surface area contributed by atoms with Gasteiger partial charge in [0.2, 0.25) is 5.91 Å². The number of hydrogen-bond acceptors (Lipinski definition) is 3. The van der Waals surface area contributed by atoms with Gasteiger partial charge in [0.05, 0.1) is 18.2 Å². The Hall–Kier alpha value is -1.36. The number of carbonyl (C=O) groups is 1. The maximum atomic E-state index is 12.9. The lowest BCUT2D eigenvalue weighted by molar-refractivity contribution is -0.136. The van der Waals surface area contributed by atoms with E-state index in [0.717, 1.165) is 50.3 Å². The molecule has 26 heavy (non-hydrogen) atoms. The molecule has 5 fully saturated rings. The summed E-state index contributed by atoms with van der Waals surface area (Å²) in [5.74, 6) is 3.14. The van der Waals surface area contributed by atoms with Gasteiger partial charge in [-0.05, 0) is 62.7 Å². The summed E-state index contributed by atoms with van der Waals surface area (Å²) in [5.41, 5.74) is 4.31. The van der Waals surface area contributed by atoms with Crippen LogP contribution in [0.2, 0.25) is 0 Å². The third kappa shape index (κ3) is 2.25. The summed E-state index contributed by atoms with van der Waals surface area (Å²) in [5, 5.41) is 8.26. The van der Waals surface area contributed by atoms with Crippen molar-refractivity contribution in [2.45, 2.75) is 63.3 Å². The monoisotopic (exact) mass is 355 g/mol. The van der Waals surface area contributed by atoms with Crippen molar-refractivity contribution >= 4 is 5.91 Å². The van der Waals surface area contributed by atoms with Gasteiger partial charge in [0, 0.05) is 42.8 Å². The van der Waals surface area contributed by atoms with Crippen LogP contribution in [0.5, 0.6) is 0 Å². The van der Waals surface area contributed by atoms with Crippen LogP contribution in [0.4, 0.5) is 0 Å². The van der Waals surface area contributed by atoms with Crippen LogP contribution < -0.4 is 0 Å². The Labute approximate surface area is 154 Å². The number of nitrogens with one attached hydrogen (secondary N) is 1. The third-order valence-corrected chi connectivity index (χ3v) is 8.06. The molecule has 0 radical (unpaired) electrons. The molecule has 4 aliphatic carbocycles. The average molecular weight is 355 g/mol. The number of nitrogens with zero attached hydrogens (tertiary/aromatic N) is 2. The second kappa shape index (κ2) is 5.57. The molecule has 5 heteroatoms. The van der Waals surface area contributed by atoms with E-state index in [-0.39, 0.29) is 5.92 Å². The normalized spacial score (nSPS) is 40.8. The van der Waals surface area contributed by atoms with Crippen molar-refractivity contribution in [1.29, 1.82) is 0 Å². The van der Waals surface area contributed by atoms with E-state index in [1.165, 1.54) is 55.5 Å². The van der Waals surface area contributed by atoms with Gasteiger partial charge in [-0.1, -0.05) is 0 Å². The molecule has 0 spiro atoms. The van der Waals surface area contributed by atoms with Gasteiger partial charge in [0.1, 0.15) is 0 Å². The summed E-state index contributed by atoms with van der Waals surface area (Å²) < 4.78 is 5.45. The maximum absolute atomic E-state index is 12.9. The molecule has 140 valence electrons. The fraction of sp³-hybridized carbons (Fsp3) is 0.810. The van der Waals surface area contributed by atoms with E-state index in [1.807, 2.05) is 0 Å². The van der Waals surface area contributed by atoms with Crippen LogP contribution in [0.1, 0.15) is 61.9 Å². The molecule has 1 saturated heterocycles. The smallest absolute Gasteiger partial charge is 0.228 e. The number of H-pyrrole nitrogens is 1. The minimum absolute atomic E-state index is 0.0754. The summed E-state index contributed by atoms with van der Waals surface area (Å²) in [6, 6.07) is 0. The number of fused-ring (bicyclic) bond motifs is 1. The van der Waals surface area contributed by atoms with Crippen LogP contribution in [0.3, 0.4) is 0 Å². The fourth-order valence-electron chi connectivity index (χ4n) is 7.31. The Balaban J connectivity index is 1.30. The van der Waals surface area contributed by atoms with Gasteiger partial charge in [-0.3, -0.25) is 9.89 Å². The minimum atomic E-state index is 0.0754. The molecule has 5 nitrogen and oxygen atoms in total. The molecule has 3 heterocycles. The number of ether oxygens (including phenoxy) is 1. The third-order valence-electron chi connectivity index (χ3n) is 8.06. The van der Waals surface area contributed by atoms with Gasteiger partial charge in [0.15, 0.2) is 0 Å². The van der Waals surface area contributed by atoms with Crippen LogP contribution in [0.15, 0.2) is 0 Å². The van der Waals surface area contributed by atoms with Gasteiger partial charge in [0.25, 0.3) is 0 Å². The van der Waals surface area contributed by atoms with Crippen molar-refractivity contribution in [3.05, 3.63) is 17.0 Å². The molecule has 1 aromatic rings. The van der Waals surface area contributed by atoms with Crippen molar-refractivity contribution in [3.8, 4) is 0 Å². The largest absolute Gasteiger partial charge is 0.381 e. The highest BCUT2D eigenvalue weighted by atomic mass is 16.5. The number of hydrogen-bond donors (Lipinski definition) is 1. The van der Waals surface area contributed by atoms with E-state index in [2.05, 4.69) is 10.00 Å². The Kier molecular flexibility index (Phi) is 3.36. The summed E-state index contributed by atoms with van der Waals surface area (Å²) in [6.07, 6.45) is 10.2. The van der Waals surface area contributed by atoms with E-state index in [0.29, 0.717) is 17.9 Å². The molecule has 1 N–H and O–H groups in total. The number of aromatic amines is 1. The quantitative estimate of drug-likeness (QED) is 0.887. The molecule has 0 aromatic carbocycles. The summed E-state index contributed by atoms with van der Waals surface area (Å²) >= 11 is 0. The number of aromatic nitrogens is 2. The topological polar surface area (TPSA) is 58.2 Å². The molecular formula is C21H29N3O2. The minimum Gasteiger partial charge on any atom is -0.381 e. The molecule has 1 aromatic heterocycles. The molecule has 1 unspecified atom stereocenters. The van der Waals surface area contributed by atoms with Gasteiger partial charge < -0.3 is 9.64 Å². The highest BCUT2D eigenvalue weighted by Gasteiger charge is 2.53. The lowest BCUT2D eigenvalue weighted by atomic mass is 9.48. The average Bonchev–Trinajstić information content (AvgIpc) is 3.29. The van der Waals surface area contributed by atoms with Crippen molar-refractivity contribution in [2.75, 3.05) is 19.8 Å². The zero-order chi connectivity index (χ0) is 17.3. The Morgan fingerprint density at radius 3 is 2.54 bits per heavy atom. The van der Waals surface area contributed by atoms with Crippen LogP contribution in [0, 0.1) is 23.7 Å². The molecule has 1 amide bonds. The van der Waals surface area contributed by atoms with E-state index in [4.69, 9.17) is 9.84 Å². The zero-order valence-corrected chi connectivity index (χ0v) is 15.5. The Morgan fingerprint density at radius 1 is 1.15 bits per heavy atom. The molecule has 1 atom stereocenters. The second-order valence-electron chi connectivity index (χ2n) is 9.80. The van der Waals surface area contributed by atoms with Crippen molar-refractivity contribution in [1.82, 2.24) is 15.1 Å². The predicted molar refractivity (Wildman–Crippen MR) is 96.5 cm³/mol. The van der Waals surface area contributed by atoms with Crippen LogP contribution >= 0.6 is 0 Å². The molecule has 2 aliphatic heterocycles. The number of carbonyl (C=O) groups excluding carboxylic acids is 1. The van der Waals surface area contributed by atoms with E-state index in [1.54, 1.807) is 0 Å². The zero-order valence-electron chi connectivity index (χ0n) is 15.5. The molecule has 4 saturated carbocycles. The van der Waals surface area contributed by atoms with Gasteiger partial charge in [-0.2, -0.15) is 5.10 Å². The van der Waals surface area contributed by atoms with Gasteiger partial charge >= 0.3 is 0 Å². The second-order valence-corrected chi connectivity index (χ2v) is 9.80. The highest BCUT2D eigenvalue weighted by Crippen LogP contribution is 2.61. The van der Waals surface area contributed by atoms with Gasteiger partial charge in [-0.25, -0.2) is 0 Å². The summed E-state index contributed by atoms with van der Waals surface area (Å²) in [6.45, 7) is 2.93. The standard InChI is InChI=1S/C21H29N3O2/c25-20(16-2-4-26-12-16)24-3-1-18-17(11-24)19(23-22-18)21-8-13-5-14(9-21)7-15(6-13)10-21/h13-16H,1-12H2,(H,22,23). The first-order valence-corrected chi connectivity index (χ1v) is 10.6. The number of amides is 1. The highest BCUT2D eigenvalue weighted by molar-refractivity contribution is 5.79. The molecule has 6 aliphatic rings. The molecule has 7 rings (SSSR count). The fourth-order valence-corrected chi connectivity index (χ4v) is 7.31. The van der Waals surface area contributed by atoms with Crippen molar-refractivity contribution in [2.24, 2.45) is 23.7 Å². The Bertz CT molecular complexity index is 698. The van der Waals surface area contributed by atoms with E-state index >= 15 is 0 Å². The SMILES string of the molecule is O=C(C1CCOC1)N1CCc2[nH]nc(C34CC5CC(CC(C5)C3)C4)c2C1. The van der Waals surface area contributed by atoms with Gasteiger partial charge in [-0.15, -0.1) is 0 Å². The first kappa shape index (κ1) is 15.7. The molecular weight excluding hydrogens is 326 g/mol. The molecule has 4 bridgehead atoms. The van der Waals surface area contributed by atoms with E-state index in [9.17, 15) is 4.79 Å². The van der Waals surface area contributed by atoms with Crippen LogP contribution in [-0.4, -0.2) is 40.8 Å². The lowest BCUT2D eigenvalue weighted by Gasteiger charge is -2.56.